The van der Waals surface area contributed by atoms with Gasteiger partial charge in [0.1, 0.15) is 5.41 Å². The fraction of sp³-hybridized carbons (Fsp3) is 0.909. The van der Waals surface area contributed by atoms with Crippen LogP contribution in [0.15, 0.2) is 0 Å². The van der Waals surface area contributed by atoms with Gasteiger partial charge >= 0.3 is 5.97 Å². The molecule has 0 radical (unpaired) electrons. The van der Waals surface area contributed by atoms with Crippen LogP contribution in [0, 0.1) is 5.41 Å². The monoisotopic (exact) mass is 232 g/mol. The lowest BCUT2D eigenvalue weighted by molar-refractivity contribution is -0.216. The summed E-state index contributed by atoms with van der Waals surface area (Å²) in [6.07, 6.45) is 0.968. The Morgan fingerprint density at radius 2 is 1.75 bits per heavy atom. The van der Waals surface area contributed by atoms with Crippen molar-refractivity contribution in [1.82, 2.24) is 0 Å². The molecule has 1 unspecified atom stereocenters. The Morgan fingerprint density at radius 1 is 1.25 bits per heavy atom. The van der Waals surface area contributed by atoms with Gasteiger partial charge in [-0.3, -0.25) is 4.79 Å². The number of ether oxygens (including phenoxy) is 2. The highest BCUT2D eigenvalue weighted by atomic mass is 16.7. The molecule has 1 fully saturated rings. The maximum absolute atomic E-state index is 11.4. The SMILES string of the molecule is COC1(OC)CCC(C(=O)O)(C(C)(C)O)C1. The van der Waals surface area contributed by atoms with E-state index >= 15 is 0 Å². The van der Waals surface area contributed by atoms with Crippen molar-refractivity contribution in [3.05, 3.63) is 0 Å². The van der Waals surface area contributed by atoms with Crippen LogP contribution in [0.3, 0.4) is 0 Å². The first-order chi connectivity index (χ1) is 7.23. The van der Waals surface area contributed by atoms with Crippen LogP contribution in [-0.2, 0) is 14.3 Å². The van der Waals surface area contributed by atoms with Gasteiger partial charge < -0.3 is 19.7 Å². The molecule has 5 heteroatoms. The van der Waals surface area contributed by atoms with Crippen LogP contribution in [-0.4, -0.2) is 41.8 Å². The Hall–Kier alpha value is -0.650. The van der Waals surface area contributed by atoms with Crippen molar-refractivity contribution in [1.29, 1.82) is 0 Å². The highest BCUT2D eigenvalue weighted by molar-refractivity contribution is 5.77. The van der Waals surface area contributed by atoms with E-state index in [1.54, 1.807) is 0 Å². The number of carbonyl (C=O) groups is 1. The summed E-state index contributed by atoms with van der Waals surface area (Å²) in [5, 5.41) is 19.4. The lowest BCUT2D eigenvalue weighted by Gasteiger charge is -2.37. The van der Waals surface area contributed by atoms with Crippen molar-refractivity contribution in [3.63, 3.8) is 0 Å². The third-order valence-corrected chi connectivity index (χ3v) is 3.83. The first-order valence-electron chi connectivity index (χ1n) is 5.29. The topological polar surface area (TPSA) is 76.0 Å². The molecule has 0 saturated heterocycles. The standard InChI is InChI=1S/C11H20O5/c1-9(2,14)10(8(12)13)5-6-11(7-10,15-3)16-4/h14H,5-7H2,1-4H3,(H,12,13). The molecule has 5 nitrogen and oxygen atoms in total. The first-order valence-corrected chi connectivity index (χ1v) is 5.29. The fourth-order valence-electron chi connectivity index (χ4n) is 2.44. The first kappa shape index (κ1) is 13.4. The second kappa shape index (κ2) is 3.98. The van der Waals surface area contributed by atoms with Gasteiger partial charge in [-0.15, -0.1) is 0 Å². The van der Waals surface area contributed by atoms with Crippen LogP contribution in [0.5, 0.6) is 0 Å². The number of carboxylic acids is 1. The van der Waals surface area contributed by atoms with Crippen molar-refractivity contribution in [2.24, 2.45) is 5.41 Å². The summed E-state index contributed by atoms with van der Waals surface area (Å²) in [7, 11) is 2.98. The maximum atomic E-state index is 11.4. The Balaban J connectivity index is 3.07. The molecular weight excluding hydrogens is 212 g/mol. The van der Waals surface area contributed by atoms with Gasteiger partial charge in [-0.1, -0.05) is 0 Å². The minimum absolute atomic E-state index is 0.159. The van der Waals surface area contributed by atoms with Gasteiger partial charge in [-0.25, -0.2) is 0 Å². The van der Waals surface area contributed by atoms with Crippen LogP contribution >= 0.6 is 0 Å². The molecule has 0 aliphatic heterocycles. The molecule has 0 amide bonds. The van der Waals surface area contributed by atoms with E-state index in [4.69, 9.17) is 9.47 Å². The summed E-state index contributed by atoms with van der Waals surface area (Å²) in [4.78, 5) is 11.4. The van der Waals surface area contributed by atoms with Gasteiger partial charge in [0.05, 0.1) is 5.60 Å². The largest absolute Gasteiger partial charge is 0.481 e. The van der Waals surface area contributed by atoms with Gasteiger partial charge in [0.15, 0.2) is 5.79 Å². The van der Waals surface area contributed by atoms with Crippen LogP contribution in [0.4, 0.5) is 0 Å². The summed E-state index contributed by atoms with van der Waals surface area (Å²) >= 11 is 0. The van der Waals surface area contributed by atoms with Crippen LogP contribution in [0.1, 0.15) is 33.1 Å². The molecule has 1 rings (SSSR count). The number of carboxylic acid groups (broad SMARTS) is 1. The quantitative estimate of drug-likeness (QED) is 0.707. The third-order valence-electron chi connectivity index (χ3n) is 3.83. The van der Waals surface area contributed by atoms with Gasteiger partial charge in [0.2, 0.25) is 0 Å². The summed E-state index contributed by atoms with van der Waals surface area (Å²) < 4.78 is 10.5. The minimum atomic E-state index is -1.31. The second-order valence-corrected chi connectivity index (χ2v) is 4.94. The molecule has 0 aromatic carbocycles. The summed E-state index contributed by atoms with van der Waals surface area (Å²) in [5.74, 6) is -1.89. The zero-order valence-corrected chi connectivity index (χ0v) is 10.2. The average Bonchev–Trinajstić information content (AvgIpc) is 2.59. The zero-order valence-electron chi connectivity index (χ0n) is 10.2. The molecule has 0 spiro atoms. The minimum Gasteiger partial charge on any atom is -0.481 e. The highest BCUT2D eigenvalue weighted by Gasteiger charge is 2.60. The van der Waals surface area contributed by atoms with Crippen molar-refractivity contribution in [3.8, 4) is 0 Å². The van der Waals surface area contributed by atoms with Crippen molar-refractivity contribution in [2.75, 3.05) is 14.2 Å². The molecular formula is C11H20O5. The van der Waals surface area contributed by atoms with Crippen molar-refractivity contribution < 1.29 is 24.5 Å². The number of rotatable bonds is 4. The van der Waals surface area contributed by atoms with E-state index in [2.05, 4.69) is 0 Å². The predicted octanol–water partition coefficient (Wildman–Crippen LogP) is 1.00. The van der Waals surface area contributed by atoms with E-state index in [0.717, 1.165) is 0 Å². The molecule has 1 saturated carbocycles. The van der Waals surface area contributed by atoms with Crippen LogP contribution in [0.25, 0.3) is 0 Å². The molecule has 0 aromatic rings. The Labute approximate surface area is 95.4 Å². The van der Waals surface area contributed by atoms with E-state index in [1.165, 1.54) is 28.1 Å². The maximum Gasteiger partial charge on any atom is 0.312 e. The Kier molecular flexibility index (Phi) is 3.34. The molecule has 0 bridgehead atoms. The second-order valence-electron chi connectivity index (χ2n) is 4.94. The van der Waals surface area contributed by atoms with Gasteiger partial charge in [0, 0.05) is 27.1 Å². The molecule has 1 aliphatic rings. The average molecular weight is 232 g/mol. The zero-order chi connectivity index (χ0) is 12.6. The van der Waals surface area contributed by atoms with Crippen molar-refractivity contribution in [2.45, 2.75) is 44.5 Å². The predicted molar refractivity (Wildman–Crippen MR) is 57.0 cm³/mol. The Bertz CT molecular complexity index is 277. The molecule has 0 heterocycles. The van der Waals surface area contributed by atoms with Crippen LogP contribution < -0.4 is 0 Å². The smallest absolute Gasteiger partial charge is 0.312 e. The number of aliphatic carboxylic acids is 1. The molecule has 2 N–H and O–H groups in total. The summed E-state index contributed by atoms with van der Waals surface area (Å²) in [5.41, 5.74) is -2.52. The Morgan fingerprint density at radius 3 is 1.94 bits per heavy atom. The lowest BCUT2D eigenvalue weighted by atomic mass is 9.72. The van der Waals surface area contributed by atoms with E-state index in [-0.39, 0.29) is 6.42 Å². The van der Waals surface area contributed by atoms with Crippen LogP contribution in [0.2, 0.25) is 0 Å². The fourth-order valence-corrected chi connectivity index (χ4v) is 2.44. The van der Waals surface area contributed by atoms with Gasteiger partial charge in [0.25, 0.3) is 0 Å². The molecule has 0 aromatic heterocycles. The molecule has 94 valence electrons. The normalized spacial score (nSPS) is 29.3. The third kappa shape index (κ3) is 1.83. The molecule has 1 atom stereocenters. The number of methoxy groups -OCH3 is 2. The van der Waals surface area contributed by atoms with Crippen molar-refractivity contribution >= 4 is 5.97 Å². The highest BCUT2D eigenvalue weighted by Crippen LogP contribution is 2.52. The molecule has 1 aliphatic carbocycles. The summed E-state index contributed by atoms with van der Waals surface area (Å²) in [6.45, 7) is 3.03. The molecule has 16 heavy (non-hydrogen) atoms. The number of hydrogen-bond donors (Lipinski definition) is 2. The van der Waals surface area contributed by atoms with E-state index in [1.807, 2.05) is 0 Å². The number of hydrogen-bond acceptors (Lipinski definition) is 4. The van der Waals surface area contributed by atoms with Gasteiger partial charge in [-0.2, -0.15) is 0 Å². The van der Waals surface area contributed by atoms with E-state index in [0.29, 0.717) is 12.8 Å². The number of aliphatic hydroxyl groups is 1. The summed E-state index contributed by atoms with van der Waals surface area (Å²) in [6, 6.07) is 0. The lowest BCUT2D eigenvalue weighted by Crippen LogP contribution is -2.49. The van der Waals surface area contributed by atoms with E-state index in [9.17, 15) is 15.0 Å². The van der Waals surface area contributed by atoms with E-state index < -0.39 is 22.8 Å². The van der Waals surface area contributed by atoms with Gasteiger partial charge in [-0.05, 0) is 20.3 Å².